The first-order valence-electron chi connectivity index (χ1n) is 6.55. The predicted octanol–water partition coefficient (Wildman–Crippen LogP) is 2.51. The van der Waals surface area contributed by atoms with Crippen molar-refractivity contribution in [3.05, 3.63) is 24.3 Å². The van der Waals surface area contributed by atoms with E-state index in [1.165, 1.54) is 0 Å². The second kappa shape index (κ2) is 6.82. The Balaban J connectivity index is 1.80. The van der Waals surface area contributed by atoms with E-state index < -0.39 is 0 Å². The van der Waals surface area contributed by atoms with Crippen LogP contribution >= 0.6 is 11.8 Å². The van der Waals surface area contributed by atoms with Gasteiger partial charge in [-0.3, -0.25) is 4.79 Å². The number of anilines is 2. The van der Waals surface area contributed by atoms with E-state index in [-0.39, 0.29) is 11.2 Å². The van der Waals surface area contributed by atoms with Gasteiger partial charge >= 0.3 is 0 Å². The third kappa shape index (κ3) is 4.14. The van der Waals surface area contributed by atoms with Crippen molar-refractivity contribution in [2.45, 2.75) is 31.1 Å². The third-order valence-electron chi connectivity index (χ3n) is 3.14. The van der Waals surface area contributed by atoms with Crippen LogP contribution < -0.4 is 11.1 Å². The fourth-order valence-electron chi connectivity index (χ4n) is 1.95. The number of hydrogen-bond donors (Lipinski definition) is 2. The normalized spacial score (nSPS) is 20.2. The highest BCUT2D eigenvalue weighted by Crippen LogP contribution is 2.22. The molecule has 2 unspecified atom stereocenters. The molecule has 0 bridgehead atoms. The Hall–Kier alpha value is -1.20. The van der Waals surface area contributed by atoms with Gasteiger partial charge in [-0.2, -0.15) is 0 Å². The summed E-state index contributed by atoms with van der Waals surface area (Å²) in [5.74, 6) is 0.861. The molecule has 1 fully saturated rings. The monoisotopic (exact) mass is 280 g/mol. The molecule has 104 valence electrons. The first-order valence-corrected chi connectivity index (χ1v) is 7.60. The van der Waals surface area contributed by atoms with Gasteiger partial charge in [0.25, 0.3) is 0 Å². The molecule has 1 aliphatic heterocycles. The third-order valence-corrected chi connectivity index (χ3v) is 4.42. The van der Waals surface area contributed by atoms with Gasteiger partial charge in [-0.1, -0.05) is 12.1 Å². The molecule has 2 rings (SSSR count). The Bertz CT molecular complexity index is 433. The minimum absolute atomic E-state index is 0.0131. The predicted molar refractivity (Wildman–Crippen MR) is 80.4 cm³/mol. The number of benzene rings is 1. The Morgan fingerprint density at radius 2 is 2.37 bits per heavy atom. The molecule has 4 nitrogen and oxygen atoms in total. The Kier molecular flexibility index (Phi) is 5.10. The lowest BCUT2D eigenvalue weighted by Crippen LogP contribution is -2.24. The van der Waals surface area contributed by atoms with Crippen LogP contribution in [0.1, 0.15) is 19.8 Å². The average molecular weight is 280 g/mol. The van der Waals surface area contributed by atoms with Crippen molar-refractivity contribution in [2.24, 2.45) is 0 Å². The van der Waals surface area contributed by atoms with E-state index in [4.69, 9.17) is 10.5 Å². The Morgan fingerprint density at radius 1 is 1.58 bits per heavy atom. The molecule has 1 aromatic rings. The number of carbonyl (C=O) groups excluding carboxylic acids is 1. The molecule has 0 aliphatic carbocycles. The summed E-state index contributed by atoms with van der Waals surface area (Å²) in [7, 11) is 0. The van der Waals surface area contributed by atoms with Crippen LogP contribution in [0.4, 0.5) is 11.4 Å². The van der Waals surface area contributed by atoms with Crippen molar-refractivity contribution in [3.8, 4) is 0 Å². The number of carbonyl (C=O) groups is 1. The van der Waals surface area contributed by atoms with Crippen LogP contribution in [0.5, 0.6) is 0 Å². The van der Waals surface area contributed by atoms with Crippen LogP contribution in [0.25, 0.3) is 0 Å². The highest BCUT2D eigenvalue weighted by molar-refractivity contribution is 8.00. The second-order valence-electron chi connectivity index (χ2n) is 4.69. The van der Waals surface area contributed by atoms with Crippen molar-refractivity contribution in [1.29, 1.82) is 0 Å². The van der Waals surface area contributed by atoms with Gasteiger partial charge in [0.1, 0.15) is 0 Å². The summed E-state index contributed by atoms with van der Waals surface area (Å²) in [6.07, 6.45) is 2.54. The summed E-state index contributed by atoms with van der Waals surface area (Å²) < 4.78 is 5.55. The van der Waals surface area contributed by atoms with Crippen molar-refractivity contribution >= 4 is 29.0 Å². The van der Waals surface area contributed by atoms with Crippen LogP contribution in [-0.2, 0) is 9.53 Å². The number of ether oxygens (including phenoxy) is 1. The number of nitrogens with two attached hydrogens (primary N) is 1. The lowest BCUT2D eigenvalue weighted by atomic mass is 10.2. The molecule has 0 radical (unpaired) electrons. The number of thioether (sulfide) groups is 1. The molecule has 0 aromatic heterocycles. The molecule has 1 heterocycles. The summed E-state index contributed by atoms with van der Waals surface area (Å²) >= 11 is 1.63. The van der Waals surface area contributed by atoms with Gasteiger partial charge < -0.3 is 15.8 Å². The summed E-state index contributed by atoms with van der Waals surface area (Å²) in [5.41, 5.74) is 7.07. The number of hydrogen-bond acceptors (Lipinski definition) is 4. The summed E-state index contributed by atoms with van der Waals surface area (Å²) in [5, 5.41) is 2.75. The van der Waals surface area contributed by atoms with Gasteiger partial charge in [-0.15, -0.1) is 11.8 Å². The SMILES string of the molecule is CC(SCC1CCCO1)C(=O)Nc1ccccc1N. The van der Waals surface area contributed by atoms with Gasteiger partial charge in [0.05, 0.1) is 22.7 Å². The molecule has 0 saturated carbocycles. The van der Waals surface area contributed by atoms with Gasteiger partial charge in [-0.05, 0) is 31.9 Å². The number of amides is 1. The molecular formula is C14H20N2O2S. The maximum Gasteiger partial charge on any atom is 0.237 e. The largest absolute Gasteiger partial charge is 0.397 e. The Labute approximate surface area is 118 Å². The van der Waals surface area contributed by atoms with Crippen LogP contribution in [-0.4, -0.2) is 29.6 Å². The van der Waals surface area contributed by atoms with Gasteiger partial charge in [0.15, 0.2) is 0 Å². The molecule has 1 amide bonds. The van der Waals surface area contributed by atoms with Crippen molar-refractivity contribution in [3.63, 3.8) is 0 Å². The van der Waals surface area contributed by atoms with E-state index in [0.29, 0.717) is 17.5 Å². The maximum absolute atomic E-state index is 12.0. The van der Waals surface area contributed by atoms with Crippen molar-refractivity contribution < 1.29 is 9.53 Å². The maximum atomic E-state index is 12.0. The van der Waals surface area contributed by atoms with E-state index in [0.717, 1.165) is 25.2 Å². The number of nitrogen functional groups attached to an aromatic ring is 1. The molecule has 2 atom stereocenters. The highest BCUT2D eigenvalue weighted by atomic mass is 32.2. The van der Waals surface area contributed by atoms with Gasteiger partial charge in [0, 0.05) is 12.4 Å². The topological polar surface area (TPSA) is 64.3 Å². The zero-order valence-corrected chi connectivity index (χ0v) is 11.9. The molecule has 1 saturated heterocycles. The molecule has 1 aromatic carbocycles. The smallest absolute Gasteiger partial charge is 0.237 e. The summed E-state index contributed by atoms with van der Waals surface area (Å²) in [4.78, 5) is 12.0. The number of para-hydroxylation sites is 2. The second-order valence-corrected chi connectivity index (χ2v) is 6.06. The summed E-state index contributed by atoms with van der Waals surface area (Å²) in [6, 6.07) is 7.29. The zero-order valence-electron chi connectivity index (χ0n) is 11.1. The fraction of sp³-hybridized carbons (Fsp3) is 0.500. The lowest BCUT2D eigenvalue weighted by Gasteiger charge is -2.15. The molecule has 19 heavy (non-hydrogen) atoms. The number of rotatable bonds is 5. The van der Waals surface area contributed by atoms with Gasteiger partial charge in [0.2, 0.25) is 5.91 Å². The molecule has 5 heteroatoms. The van der Waals surface area contributed by atoms with E-state index >= 15 is 0 Å². The number of nitrogens with one attached hydrogen (secondary N) is 1. The fourth-order valence-corrected chi connectivity index (χ4v) is 2.92. The molecular weight excluding hydrogens is 260 g/mol. The van der Waals surface area contributed by atoms with E-state index in [1.807, 2.05) is 25.1 Å². The van der Waals surface area contributed by atoms with E-state index in [2.05, 4.69) is 5.32 Å². The zero-order chi connectivity index (χ0) is 13.7. The van der Waals surface area contributed by atoms with Crippen molar-refractivity contribution in [1.82, 2.24) is 0 Å². The molecule has 1 aliphatic rings. The summed E-state index contributed by atoms with van der Waals surface area (Å²) in [6.45, 7) is 2.76. The highest BCUT2D eigenvalue weighted by Gasteiger charge is 2.20. The van der Waals surface area contributed by atoms with Crippen LogP contribution in [0, 0.1) is 0 Å². The minimum Gasteiger partial charge on any atom is -0.397 e. The molecule has 0 spiro atoms. The van der Waals surface area contributed by atoms with Crippen LogP contribution in [0.3, 0.4) is 0 Å². The quantitative estimate of drug-likeness (QED) is 0.813. The van der Waals surface area contributed by atoms with E-state index in [1.54, 1.807) is 17.8 Å². The van der Waals surface area contributed by atoms with Crippen LogP contribution in [0.15, 0.2) is 24.3 Å². The Morgan fingerprint density at radius 3 is 3.05 bits per heavy atom. The van der Waals surface area contributed by atoms with Gasteiger partial charge in [-0.25, -0.2) is 0 Å². The van der Waals surface area contributed by atoms with Crippen LogP contribution in [0.2, 0.25) is 0 Å². The minimum atomic E-state index is -0.108. The van der Waals surface area contributed by atoms with E-state index in [9.17, 15) is 4.79 Å². The standard InChI is InChI=1S/C14H20N2O2S/c1-10(19-9-11-5-4-8-18-11)14(17)16-13-7-3-2-6-12(13)15/h2-3,6-7,10-11H,4-5,8-9,15H2,1H3,(H,16,17). The first-order chi connectivity index (χ1) is 9.16. The average Bonchev–Trinajstić information content (AvgIpc) is 2.91. The lowest BCUT2D eigenvalue weighted by molar-refractivity contribution is -0.115. The first kappa shape index (κ1) is 14.2. The van der Waals surface area contributed by atoms with Crippen molar-refractivity contribution in [2.75, 3.05) is 23.4 Å². The molecule has 3 N–H and O–H groups in total.